The number of carbonyl (C=O) groups is 2. The van der Waals surface area contributed by atoms with Gasteiger partial charge in [0.15, 0.2) is 0 Å². The van der Waals surface area contributed by atoms with Gasteiger partial charge in [-0.1, -0.05) is 28.1 Å². The molecule has 0 saturated heterocycles. The first-order chi connectivity index (χ1) is 5.63. The molecule has 12 heavy (non-hydrogen) atoms. The highest BCUT2D eigenvalue weighted by Crippen LogP contribution is 2.16. The number of rotatable bonds is 2. The van der Waals surface area contributed by atoms with Crippen LogP contribution >= 0.6 is 15.9 Å². The first-order valence-electron chi connectivity index (χ1n) is 3.15. The Hall–Kier alpha value is -1.16. The molecule has 0 unspecified atom stereocenters. The number of aliphatic carboxylic acids is 1. The van der Waals surface area contributed by atoms with E-state index in [1.165, 1.54) is 6.07 Å². The molecule has 0 fully saturated rings. The number of carboxylic acid groups (broad SMARTS) is 1. The van der Waals surface area contributed by atoms with Crippen LogP contribution in [0.4, 0.5) is 0 Å². The Morgan fingerprint density at radius 1 is 1.25 bits per heavy atom. The van der Waals surface area contributed by atoms with Crippen molar-refractivity contribution in [2.45, 2.75) is 0 Å². The summed E-state index contributed by atoms with van der Waals surface area (Å²) in [5, 5.41) is 8.39. The Morgan fingerprint density at radius 2 is 1.83 bits per heavy atom. The number of ketones is 1. The van der Waals surface area contributed by atoms with E-state index in [-0.39, 0.29) is 5.56 Å². The minimum atomic E-state index is -1.44. The fourth-order valence-corrected chi connectivity index (χ4v) is 1.23. The molecule has 0 radical (unpaired) electrons. The number of carboxylic acids is 1. The van der Waals surface area contributed by atoms with Gasteiger partial charge in [-0.2, -0.15) is 0 Å². The van der Waals surface area contributed by atoms with Crippen molar-refractivity contribution in [2.24, 2.45) is 0 Å². The largest absolute Gasteiger partial charge is 0.475 e. The Bertz CT molecular complexity index is 333. The average Bonchev–Trinajstić information content (AvgIpc) is 2.04. The van der Waals surface area contributed by atoms with Crippen LogP contribution in [0.3, 0.4) is 0 Å². The molecule has 62 valence electrons. The van der Waals surface area contributed by atoms with E-state index in [4.69, 9.17) is 5.11 Å². The number of hydrogen-bond acceptors (Lipinski definition) is 2. The summed E-state index contributed by atoms with van der Waals surface area (Å²) in [6.07, 6.45) is 0. The van der Waals surface area contributed by atoms with Crippen LogP contribution in [0.15, 0.2) is 28.7 Å². The molecular formula is C8H5BrO3. The summed E-state index contributed by atoms with van der Waals surface area (Å²) in [4.78, 5) is 21.2. The Morgan fingerprint density at radius 3 is 2.33 bits per heavy atom. The van der Waals surface area contributed by atoms with Gasteiger partial charge in [-0.05, 0) is 12.1 Å². The maximum atomic E-state index is 10.9. The zero-order chi connectivity index (χ0) is 9.14. The van der Waals surface area contributed by atoms with Crippen molar-refractivity contribution < 1.29 is 14.7 Å². The summed E-state index contributed by atoms with van der Waals surface area (Å²) in [7, 11) is 0. The van der Waals surface area contributed by atoms with E-state index in [2.05, 4.69) is 15.9 Å². The van der Waals surface area contributed by atoms with Crippen molar-refractivity contribution in [2.75, 3.05) is 0 Å². The standard InChI is InChI=1S/C8H5BrO3/c9-6-4-2-1-3-5(6)7(10)8(11)12/h1-4H,(H,11,12). The van der Waals surface area contributed by atoms with Crippen LogP contribution in [-0.2, 0) is 4.79 Å². The highest BCUT2D eigenvalue weighted by molar-refractivity contribution is 9.10. The molecular weight excluding hydrogens is 224 g/mol. The van der Waals surface area contributed by atoms with E-state index < -0.39 is 11.8 Å². The highest BCUT2D eigenvalue weighted by atomic mass is 79.9. The lowest BCUT2D eigenvalue weighted by Gasteiger charge is -1.97. The highest BCUT2D eigenvalue weighted by Gasteiger charge is 2.16. The van der Waals surface area contributed by atoms with Crippen molar-refractivity contribution >= 4 is 27.7 Å². The van der Waals surface area contributed by atoms with E-state index in [0.29, 0.717) is 4.47 Å². The summed E-state index contributed by atoms with van der Waals surface area (Å²) < 4.78 is 0.498. The van der Waals surface area contributed by atoms with Gasteiger partial charge in [-0.15, -0.1) is 0 Å². The molecule has 0 amide bonds. The minimum Gasteiger partial charge on any atom is -0.475 e. The number of hydrogen-bond donors (Lipinski definition) is 1. The van der Waals surface area contributed by atoms with E-state index in [1.54, 1.807) is 18.2 Å². The quantitative estimate of drug-likeness (QED) is 0.620. The van der Waals surface area contributed by atoms with Crippen molar-refractivity contribution in [1.82, 2.24) is 0 Å². The fourth-order valence-electron chi connectivity index (χ4n) is 0.761. The summed E-state index contributed by atoms with van der Waals surface area (Å²) >= 11 is 3.08. The van der Waals surface area contributed by atoms with Crippen LogP contribution in [-0.4, -0.2) is 16.9 Å². The molecule has 0 spiro atoms. The van der Waals surface area contributed by atoms with Gasteiger partial charge in [-0.3, -0.25) is 4.79 Å². The molecule has 0 aromatic heterocycles. The summed E-state index contributed by atoms with van der Waals surface area (Å²) in [5.41, 5.74) is 0.171. The van der Waals surface area contributed by atoms with E-state index in [1.807, 2.05) is 0 Å². The number of carbonyl (C=O) groups excluding carboxylic acids is 1. The topological polar surface area (TPSA) is 54.4 Å². The first-order valence-corrected chi connectivity index (χ1v) is 3.94. The smallest absolute Gasteiger partial charge is 0.377 e. The second-order valence-electron chi connectivity index (χ2n) is 2.11. The second kappa shape index (κ2) is 3.49. The zero-order valence-electron chi connectivity index (χ0n) is 5.95. The minimum absolute atomic E-state index is 0.171. The van der Waals surface area contributed by atoms with Gasteiger partial charge in [-0.25, -0.2) is 4.79 Å². The lowest BCUT2D eigenvalue weighted by Crippen LogP contribution is -2.12. The number of Topliss-reactive ketones (excluding diaryl/α,β-unsaturated/α-hetero) is 1. The number of halogens is 1. The predicted octanol–water partition coefficient (Wildman–Crippen LogP) is 1.72. The van der Waals surface area contributed by atoms with Crippen LogP contribution < -0.4 is 0 Å². The van der Waals surface area contributed by atoms with Gasteiger partial charge in [0.25, 0.3) is 5.78 Å². The molecule has 4 heteroatoms. The third-order valence-electron chi connectivity index (χ3n) is 1.31. The maximum absolute atomic E-state index is 10.9. The Labute approximate surface area is 77.1 Å². The fraction of sp³-hybridized carbons (Fsp3) is 0. The molecule has 1 rings (SSSR count). The zero-order valence-corrected chi connectivity index (χ0v) is 7.54. The third-order valence-corrected chi connectivity index (χ3v) is 2.00. The van der Waals surface area contributed by atoms with Gasteiger partial charge in [0.05, 0.1) is 0 Å². The molecule has 0 saturated carbocycles. The van der Waals surface area contributed by atoms with Crippen molar-refractivity contribution in [3.05, 3.63) is 34.3 Å². The Balaban J connectivity index is 3.11. The van der Waals surface area contributed by atoms with Crippen molar-refractivity contribution in [3.63, 3.8) is 0 Å². The molecule has 1 N–H and O–H groups in total. The molecule has 0 aliphatic carbocycles. The molecule has 0 aliphatic heterocycles. The lowest BCUT2D eigenvalue weighted by atomic mass is 10.1. The van der Waals surface area contributed by atoms with Gasteiger partial charge in [0, 0.05) is 10.0 Å². The molecule has 0 aliphatic rings. The maximum Gasteiger partial charge on any atom is 0.377 e. The molecule has 0 heterocycles. The van der Waals surface area contributed by atoms with Crippen LogP contribution in [0.25, 0.3) is 0 Å². The van der Waals surface area contributed by atoms with Crippen LogP contribution in [0.5, 0.6) is 0 Å². The third kappa shape index (κ3) is 1.71. The first kappa shape index (κ1) is 8.93. The molecule has 0 bridgehead atoms. The molecule has 1 aromatic rings. The molecule has 1 aromatic carbocycles. The lowest BCUT2D eigenvalue weighted by molar-refractivity contribution is -0.131. The average molecular weight is 229 g/mol. The van der Waals surface area contributed by atoms with Crippen molar-refractivity contribution in [3.8, 4) is 0 Å². The van der Waals surface area contributed by atoms with Gasteiger partial charge in [0.1, 0.15) is 0 Å². The monoisotopic (exact) mass is 228 g/mol. The van der Waals surface area contributed by atoms with Crippen molar-refractivity contribution in [1.29, 1.82) is 0 Å². The summed E-state index contributed by atoms with van der Waals surface area (Å²) in [6.45, 7) is 0. The van der Waals surface area contributed by atoms with E-state index in [0.717, 1.165) is 0 Å². The van der Waals surface area contributed by atoms with Crippen LogP contribution in [0, 0.1) is 0 Å². The van der Waals surface area contributed by atoms with Gasteiger partial charge < -0.3 is 5.11 Å². The molecule has 3 nitrogen and oxygen atoms in total. The predicted molar refractivity (Wildman–Crippen MR) is 46.1 cm³/mol. The summed E-state index contributed by atoms with van der Waals surface area (Å²) in [6, 6.07) is 6.40. The van der Waals surface area contributed by atoms with Crippen LogP contribution in [0.1, 0.15) is 10.4 Å². The second-order valence-corrected chi connectivity index (χ2v) is 2.97. The van der Waals surface area contributed by atoms with E-state index >= 15 is 0 Å². The van der Waals surface area contributed by atoms with Gasteiger partial charge in [0.2, 0.25) is 0 Å². The van der Waals surface area contributed by atoms with Crippen LogP contribution in [0.2, 0.25) is 0 Å². The summed E-state index contributed by atoms with van der Waals surface area (Å²) in [5.74, 6) is -2.34. The van der Waals surface area contributed by atoms with E-state index in [9.17, 15) is 9.59 Å². The van der Waals surface area contributed by atoms with Gasteiger partial charge >= 0.3 is 5.97 Å². The normalized spacial score (nSPS) is 9.42. The molecule has 0 atom stereocenters. The SMILES string of the molecule is O=C(O)C(=O)c1ccccc1Br. The number of benzene rings is 1. The Kier molecular flexibility index (Phi) is 2.60.